The molecule has 0 aromatic rings. The second-order valence-electron chi connectivity index (χ2n) is 2.62. The van der Waals surface area contributed by atoms with Gasteiger partial charge in [-0.15, -0.1) is 0 Å². The number of urea groups is 1. The number of hydrogen-bond donors (Lipinski definition) is 1. The molecule has 0 spiro atoms. The van der Waals surface area contributed by atoms with Gasteiger partial charge in [0, 0.05) is 6.54 Å². The van der Waals surface area contributed by atoms with Gasteiger partial charge in [0.05, 0.1) is 12.5 Å². The number of alkyl halides is 3. The first kappa shape index (κ1) is 9.58. The molecule has 0 aromatic heterocycles. The van der Waals surface area contributed by atoms with E-state index in [1.807, 2.05) is 0 Å². The molecule has 2 atom stereocenters. The van der Waals surface area contributed by atoms with Crippen molar-refractivity contribution in [2.45, 2.75) is 18.6 Å². The Bertz CT molecular complexity index is 196. The molecule has 2 unspecified atom stereocenters. The Balaban J connectivity index is 2.43. The van der Waals surface area contributed by atoms with Crippen molar-refractivity contribution in [1.29, 1.82) is 0 Å². The second kappa shape index (κ2) is 3.09. The Labute approximate surface area is 69.5 Å². The highest BCUT2D eigenvalue weighted by Crippen LogP contribution is 2.24. The number of nitrogens with one attached hydrogen (secondary N) is 1. The highest BCUT2D eigenvalue weighted by atomic mass is 31.0. The quantitative estimate of drug-likeness (QED) is 0.632. The van der Waals surface area contributed by atoms with E-state index in [9.17, 15) is 18.0 Å². The van der Waals surface area contributed by atoms with Crippen LogP contribution < -0.4 is 5.32 Å². The van der Waals surface area contributed by atoms with Crippen molar-refractivity contribution < 1.29 is 18.0 Å². The molecule has 0 aliphatic carbocycles. The van der Waals surface area contributed by atoms with Crippen molar-refractivity contribution in [1.82, 2.24) is 9.99 Å². The highest BCUT2D eigenvalue weighted by Gasteiger charge is 2.36. The zero-order valence-electron chi connectivity index (χ0n) is 6.06. The molecular weight excluding hydrogens is 192 g/mol. The molecule has 0 aromatic carbocycles. The number of hydrogen-bond acceptors (Lipinski definition) is 1. The summed E-state index contributed by atoms with van der Waals surface area (Å²) in [5.41, 5.74) is 0. The zero-order valence-corrected chi connectivity index (χ0v) is 7.21. The van der Waals surface area contributed by atoms with Crippen molar-refractivity contribution in [2.75, 3.05) is 6.54 Å². The fraction of sp³-hybridized carbons (Fsp3) is 0.800. The van der Waals surface area contributed by atoms with E-state index in [0.717, 1.165) is 4.67 Å². The van der Waals surface area contributed by atoms with Gasteiger partial charge in [-0.05, 0) is 9.39 Å². The maximum absolute atomic E-state index is 11.8. The number of carbonyl (C=O) groups is 1. The molecule has 0 bridgehead atoms. The SMILES string of the molecule is O=C1NC(CC(F)(F)F)CN1P. The normalized spacial score (nSPS) is 24.5. The monoisotopic (exact) mass is 200 g/mol. The smallest absolute Gasteiger partial charge is 0.333 e. The van der Waals surface area contributed by atoms with Gasteiger partial charge in [0.25, 0.3) is 0 Å². The maximum atomic E-state index is 11.8. The summed E-state index contributed by atoms with van der Waals surface area (Å²) < 4.78 is 36.5. The first-order valence-corrected chi connectivity index (χ1v) is 3.79. The molecule has 0 saturated carbocycles. The van der Waals surface area contributed by atoms with E-state index in [1.54, 1.807) is 0 Å². The number of halogens is 3. The van der Waals surface area contributed by atoms with Crippen LogP contribution in [0.3, 0.4) is 0 Å². The largest absolute Gasteiger partial charge is 0.391 e. The molecule has 1 fully saturated rings. The lowest BCUT2D eigenvalue weighted by molar-refractivity contribution is -0.138. The molecule has 7 heteroatoms. The number of amides is 2. The van der Waals surface area contributed by atoms with Crippen LogP contribution in [-0.2, 0) is 0 Å². The van der Waals surface area contributed by atoms with Crippen molar-refractivity contribution in [2.24, 2.45) is 0 Å². The Morgan fingerprint density at radius 2 is 2.25 bits per heavy atom. The number of nitrogens with zero attached hydrogens (tertiary/aromatic N) is 1. The number of carbonyl (C=O) groups excluding carboxylic acids is 1. The fourth-order valence-corrected chi connectivity index (χ4v) is 1.35. The molecule has 12 heavy (non-hydrogen) atoms. The predicted octanol–water partition coefficient (Wildman–Crippen LogP) is 1.12. The summed E-state index contributed by atoms with van der Waals surface area (Å²) >= 11 is 0. The minimum atomic E-state index is -4.21. The van der Waals surface area contributed by atoms with E-state index >= 15 is 0 Å². The molecule has 1 aliphatic rings. The lowest BCUT2D eigenvalue weighted by atomic mass is 10.2. The molecule has 1 saturated heterocycles. The van der Waals surface area contributed by atoms with Crippen molar-refractivity contribution >= 4 is 15.4 Å². The van der Waals surface area contributed by atoms with Crippen LogP contribution in [0, 0.1) is 0 Å². The minimum Gasteiger partial charge on any atom is -0.333 e. The van der Waals surface area contributed by atoms with Gasteiger partial charge < -0.3 is 9.99 Å². The second-order valence-corrected chi connectivity index (χ2v) is 3.24. The van der Waals surface area contributed by atoms with E-state index in [1.165, 1.54) is 0 Å². The molecule has 2 amide bonds. The van der Waals surface area contributed by atoms with E-state index in [2.05, 4.69) is 14.7 Å². The van der Waals surface area contributed by atoms with Gasteiger partial charge in [-0.1, -0.05) is 0 Å². The standard InChI is InChI=1S/C5H8F3N2OP/c6-5(7,8)1-3-2-10(12)4(11)9-3/h3H,1-2,12H2,(H,9,11). The summed E-state index contributed by atoms with van der Waals surface area (Å²) in [5.74, 6) is 0. The first-order valence-electron chi connectivity index (χ1n) is 3.28. The minimum absolute atomic E-state index is 0.0863. The zero-order chi connectivity index (χ0) is 9.35. The summed E-state index contributed by atoms with van der Waals surface area (Å²) in [5, 5.41) is 2.21. The van der Waals surface area contributed by atoms with Crippen molar-refractivity contribution in [3.63, 3.8) is 0 Å². The van der Waals surface area contributed by atoms with Crippen LogP contribution in [0.4, 0.5) is 18.0 Å². The third-order valence-electron chi connectivity index (χ3n) is 1.48. The van der Waals surface area contributed by atoms with Crippen LogP contribution in [0.25, 0.3) is 0 Å². The summed E-state index contributed by atoms with van der Waals surface area (Å²) in [4.78, 5) is 10.7. The maximum Gasteiger partial charge on any atom is 0.391 e. The lowest BCUT2D eigenvalue weighted by Crippen LogP contribution is -2.31. The van der Waals surface area contributed by atoms with Crippen molar-refractivity contribution in [3.8, 4) is 0 Å². The molecule has 1 aliphatic heterocycles. The van der Waals surface area contributed by atoms with Gasteiger partial charge >= 0.3 is 12.2 Å². The molecule has 0 radical (unpaired) electrons. The van der Waals surface area contributed by atoms with Crippen LogP contribution in [0.15, 0.2) is 0 Å². The Morgan fingerprint density at radius 1 is 1.67 bits per heavy atom. The van der Waals surface area contributed by atoms with Crippen LogP contribution in [0.2, 0.25) is 0 Å². The van der Waals surface area contributed by atoms with Crippen molar-refractivity contribution in [3.05, 3.63) is 0 Å². The van der Waals surface area contributed by atoms with E-state index in [4.69, 9.17) is 0 Å². The van der Waals surface area contributed by atoms with E-state index < -0.39 is 24.7 Å². The molecule has 70 valence electrons. The summed E-state index contributed by atoms with van der Waals surface area (Å²) in [6, 6.07) is -1.29. The third kappa shape index (κ3) is 2.52. The average molecular weight is 200 g/mol. The molecule has 1 rings (SSSR count). The van der Waals surface area contributed by atoms with E-state index in [-0.39, 0.29) is 6.54 Å². The summed E-state index contributed by atoms with van der Waals surface area (Å²) in [6.07, 6.45) is -5.18. The Morgan fingerprint density at radius 3 is 2.58 bits per heavy atom. The first-order chi connectivity index (χ1) is 5.38. The lowest BCUT2D eigenvalue weighted by Gasteiger charge is -2.11. The average Bonchev–Trinajstić information content (AvgIpc) is 2.07. The topological polar surface area (TPSA) is 32.3 Å². The summed E-state index contributed by atoms with van der Waals surface area (Å²) in [6.45, 7) is 0.0863. The Hall–Kier alpha value is -0.510. The van der Waals surface area contributed by atoms with Gasteiger partial charge in [0.1, 0.15) is 0 Å². The van der Waals surface area contributed by atoms with Crippen LogP contribution in [0.5, 0.6) is 0 Å². The molecule has 1 heterocycles. The molecular formula is C5H8F3N2OP. The fourth-order valence-electron chi connectivity index (χ4n) is 1.02. The van der Waals surface area contributed by atoms with E-state index in [0.29, 0.717) is 0 Å². The molecule has 1 N–H and O–H groups in total. The van der Waals surface area contributed by atoms with Gasteiger partial charge in [-0.3, -0.25) is 0 Å². The summed E-state index contributed by atoms with van der Waals surface area (Å²) in [7, 11) is 2.06. The van der Waals surface area contributed by atoms with Gasteiger partial charge in [-0.2, -0.15) is 13.2 Å². The van der Waals surface area contributed by atoms with Crippen LogP contribution in [-0.4, -0.2) is 29.5 Å². The molecule has 3 nitrogen and oxygen atoms in total. The highest BCUT2D eigenvalue weighted by molar-refractivity contribution is 7.14. The van der Waals surface area contributed by atoms with Crippen LogP contribution in [0.1, 0.15) is 6.42 Å². The third-order valence-corrected chi connectivity index (χ3v) is 1.93. The number of rotatable bonds is 1. The van der Waals surface area contributed by atoms with Gasteiger partial charge in [0.2, 0.25) is 0 Å². The van der Waals surface area contributed by atoms with Gasteiger partial charge in [0.15, 0.2) is 0 Å². The van der Waals surface area contributed by atoms with Crippen LogP contribution >= 0.6 is 9.39 Å². The van der Waals surface area contributed by atoms with Gasteiger partial charge in [-0.25, -0.2) is 4.79 Å². The predicted molar refractivity (Wildman–Crippen MR) is 39.4 cm³/mol. The Kier molecular flexibility index (Phi) is 2.46.